The van der Waals surface area contributed by atoms with Gasteiger partial charge >= 0.3 is 0 Å². The third-order valence-electron chi connectivity index (χ3n) is 3.75. The summed E-state index contributed by atoms with van der Waals surface area (Å²) in [6.07, 6.45) is 0. The molecule has 0 aliphatic carbocycles. The van der Waals surface area contributed by atoms with Gasteiger partial charge in [-0.15, -0.1) is 11.8 Å². The number of carbonyl (C=O) groups excluding carboxylic acids is 2. The van der Waals surface area contributed by atoms with Gasteiger partial charge in [0.2, 0.25) is 11.8 Å². The van der Waals surface area contributed by atoms with E-state index >= 15 is 0 Å². The topological polar surface area (TPSA) is 61.9 Å². The second-order valence-electron chi connectivity index (χ2n) is 5.76. The first-order valence-electron chi connectivity index (χ1n) is 6.94. The third-order valence-corrected chi connectivity index (χ3v) is 4.69. The van der Waals surface area contributed by atoms with E-state index in [1.807, 2.05) is 0 Å². The summed E-state index contributed by atoms with van der Waals surface area (Å²) >= 11 is 1.55. The zero-order valence-corrected chi connectivity index (χ0v) is 13.0. The van der Waals surface area contributed by atoms with Crippen molar-refractivity contribution in [3.63, 3.8) is 0 Å². The summed E-state index contributed by atoms with van der Waals surface area (Å²) in [5, 5.41) is 2.94. The SMILES string of the molecule is CC(C)(CNC(=O)CN1CSCC1=O)N1CCOCC1. The van der Waals surface area contributed by atoms with E-state index in [0.717, 1.165) is 26.3 Å². The van der Waals surface area contributed by atoms with Gasteiger partial charge in [0.25, 0.3) is 0 Å². The van der Waals surface area contributed by atoms with Gasteiger partial charge in [-0.2, -0.15) is 0 Å². The molecule has 0 radical (unpaired) electrons. The molecule has 2 rings (SSSR count). The van der Waals surface area contributed by atoms with Gasteiger partial charge in [0.1, 0.15) is 6.54 Å². The van der Waals surface area contributed by atoms with Gasteiger partial charge in [-0.1, -0.05) is 0 Å². The first kappa shape index (κ1) is 15.6. The van der Waals surface area contributed by atoms with Gasteiger partial charge in [0, 0.05) is 25.2 Å². The Balaban J connectivity index is 1.75. The molecule has 2 amide bonds. The molecule has 2 saturated heterocycles. The molecule has 0 bridgehead atoms. The molecule has 2 fully saturated rings. The van der Waals surface area contributed by atoms with E-state index in [9.17, 15) is 9.59 Å². The predicted molar refractivity (Wildman–Crippen MR) is 78.5 cm³/mol. The van der Waals surface area contributed by atoms with Crippen LogP contribution in [0.5, 0.6) is 0 Å². The van der Waals surface area contributed by atoms with Crippen molar-refractivity contribution in [3.8, 4) is 0 Å². The van der Waals surface area contributed by atoms with Crippen LogP contribution >= 0.6 is 11.8 Å². The Kier molecular flexibility index (Phi) is 5.29. The highest BCUT2D eigenvalue weighted by Gasteiger charge is 2.29. The van der Waals surface area contributed by atoms with Crippen LogP contribution in [0.3, 0.4) is 0 Å². The lowest BCUT2D eigenvalue weighted by Crippen LogP contribution is -2.56. The monoisotopic (exact) mass is 301 g/mol. The molecule has 2 aliphatic heterocycles. The van der Waals surface area contributed by atoms with Gasteiger partial charge in [-0.25, -0.2) is 0 Å². The van der Waals surface area contributed by atoms with E-state index in [4.69, 9.17) is 4.74 Å². The van der Waals surface area contributed by atoms with E-state index in [0.29, 0.717) is 18.2 Å². The molecular formula is C13H23N3O3S. The first-order chi connectivity index (χ1) is 9.49. The molecule has 6 nitrogen and oxygen atoms in total. The maximum Gasteiger partial charge on any atom is 0.239 e. The largest absolute Gasteiger partial charge is 0.379 e. The number of amides is 2. The number of nitrogens with one attached hydrogen (secondary N) is 1. The number of thioether (sulfide) groups is 1. The minimum absolute atomic E-state index is 0.0533. The molecule has 2 aliphatic rings. The molecule has 20 heavy (non-hydrogen) atoms. The molecule has 2 heterocycles. The fourth-order valence-electron chi connectivity index (χ4n) is 2.36. The maximum atomic E-state index is 11.9. The average molecular weight is 301 g/mol. The number of carbonyl (C=O) groups is 2. The smallest absolute Gasteiger partial charge is 0.239 e. The van der Waals surface area contributed by atoms with Crippen molar-refractivity contribution in [2.75, 3.05) is 51.0 Å². The second-order valence-corrected chi connectivity index (χ2v) is 6.71. The molecule has 0 unspecified atom stereocenters. The van der Waals surface area contributed by atoms with E-state index in [-0.39, 0.29) is 23.9 Å². The highest BCUT2D eigenvalue weighted by molar-refractivity contribution is 8.00. The standard InChI is InChI=1S/C13H23N3O3S/c1-13(2,16-3-5-19-6-4-16)9-14-11(17)7-15-10-20-8-12(15)18/h3-10H2,1-2H3,(H,14,17). The van der Waals surface area contributed by atoms with Gasteiger partial charge in [0.05, 0.1) is 24.8 Å². The zero-order valence-electron chi connectivity index (χ0n) is 12.2. The molecule has 0 aromatic rings. The van der Waals surface area contributed by atoms with Crippen LogP contribution in [-0.4, -0.2) is 78.2 Å². The molecule has 7 heteroatoms. The van der Waals surface area contributed by atoms with Crippen molar-refractivity contribution in [2.24, 2.45) is 0 Å². The summed E-state index contributed by atoms with van der Waals surface area (Å²) in [4.78, 5) is 27.3. The molecule has 0 saturated carbocycles. The predicted octanol–water partition coefficient (Wildman–Crippen LogP) is -0.254. The Labute approximate surface area is 124 Å². The van der Waals surface area contributed by atoms with Crippen molar-refractivity contribution in [1.82, 2.24) is 15.1 Å². The summed E-state index contributed by atoms with van der Waals surface area (Å²) in [5.41, 5.74) is -0.0940. The molecule has 1 N–H and O–H groups in total. The van der Waals surface area contributed by atoms with E-state index in [2.05, 4.69) is 24.1 Å². The molecule has 0 atom stereocenters. The Morgan fingerprint density at radius 1 is 1.40 bits per heavy atom. The van der Waals surface area contributed by atoms with Crippen LogP contribution in [0.4, 0.5) is 0 Å². The third kappa shape index (κ3) is 4.10. The van der Waals surface area contributed by atoms with Gasteiger partial charge < -0.3 is 15.0 Å². The highest BCUT2D eigenvalue weighted by atomic mass is 32.2. The Morgan fingerprint density at radius 2 is 2.10 bits per heavy atom. The van der Waals surface area contributed by atoms with Crippen molar-refractivity contribution in [3.05, 3.63) is 0 Å². The average Bonchev–Trinajstić information content (AvgIpc) is 2.83. The number of rotatable bonds is 5. The first-order valence-corrected chi connectivity index (χ1v) is 8.09. The lowest BCUT2D eigenvalue weighted by atomic mass is 10.0. The molecule has 0 aromatic heterocycles. The van der Waals surface area contributed by atoms with Crippen LogP contribution < -0.4 is 5.32 Å². The van der Waals surface area contributed by atoms with Crippen molar-refractivity contribution >= 4 is 23.6 Å². The number of morpholine rings is 1. The minimum Gasteiger partial charge on any atom is -0.379 e. The fraction of sp³-hybridized carbons (Fsp3) is 0.846. The molecule has 114 valence electrons. The lowest BCUT2D eigenvalue weighted by molar-refractivity contribution is -0.132. The highest BCUT2D eigenvalue weighted by Crippen LogP contribution is 2.16. The fourth-order valence-corrected chi connectivity index (χ4v) is 3.27. The summed E-state index contributed by atoms with van der Waals surface area (Å²) in [7, 11) is 0. The number of hydrogen-bond donors (Lipinski definition) is 1. The second kappa shape index (κ2) is 6.78. The normalized spacial score (nSPS) is 21.3. The van der Waals surface area contributed by atoms with Crippen LogP contribution in [-0.2, 0) is 14.3 Å². The van der Waals surface area contributed by atoms with E-state index in [1.54, 1.807) is 16.7 Å². The summed E-state index contributed by atoms with van der Waals surface area (Å²) in [5.74, 6) is 1.09. The van der Waals surface area contributed by atoms with Crippen molar-refractivity contribution < 1.29 is 14.3 Å². The Hall–Kier alpha value is -0.790. The number of nitrogens with zero attached hydrogens (tertiary/aromatic N) is 2. The van der Waals surface area contributed by atoms with E-state index < -0.39 is 0 Å². The van der Waals surface area contributed by atoms with E-state index in [1.165, 1.54) is 0 Å². The zero-order chi connectivity index (χ0) is 14.6. The van der Waals surface area contributed by atoms with Crippen LogP contribution in [0.25, 0.3) is 0 Å². The van der Waals surface area contributed by atoms with Crippen molar-refractivity contribution in [1.29, 1.82) is 0 Å². The Morgan fingerprint density at radius 3 is 2.70 bits per heavy atom. The minimum atomic E-state index is -0.0940. The summed E-state index contributed by atoms with van der Waals surface area (Å²) < 4.78 is 5.35. The summed E-state index contributed by atoms with van der Waals surface area (Å²) in [6, 6.07) is 0. The van der Waals surface area contributed by atoms with Crippen LogP contribution in [0, 0.1) is 0 Å². The number of ether oxygens (including phenoxy) is 1. The van der Waals surface area contributed by atoms with Crippen LogP contribution in [0.1, 0.15) is 13.8 Å². The quantitative estimate of drug-likeness (QED) is 0.758. The Bertz CT molecular complexity index is 370. The molecule has 0 spiro atoms. The van der Waals surface area contributed by atoms with Crippen LogP contribution in [0.2, 0.25) is 0 Å². The van der Waals surface area contributed by atoms with Gasteiger partial charge in [-0.3, -0.25) is 14.5 Å². The summed E-state index contributed by atoms with van der Waals surface area (Å²) in [6.45, 7) is 8.28. The lowest BCUT2D eigenvalue weighted by Gasteiger charge is -2.40. The van der Waals surface area contributed by atoms with Gasteiger partial charge in [0.15, 0.2) is 0 Å². The van der Waals surface area contributed by atoms with Crippen molar-refractivity contribution in [2.45, 2.75) is 19.4 Å². The van der Waals surface area contributed by atoms with Gasteiger partial charge in [-0.05, 0) is 13.8 Å². The maximum absolute atomic E-state index is 11.9. The molecule has 0 aromatic carbocycles. The van der Waals surface area contributed by atoms with Crippen LogP contribution in [0.15, 0.2) is 0 Å². The molecular weight excluding hydrogens is 278 g/mol. The number of hydrogen-bond acceptors (Lipinski definition) is 5.